The topological polar surface area (TPSA) is 68.8 Å². The monoisotopic (exact) mass is 346 g/mol. The first-order chi connectivity index (χ1) is 11.0. The highest BCUT2D eigenvalue weighted by molar-refractivity contribution is 7.18. The summed E-state index contributed by atoms with van der Waals surface area (Å²) in [6.07, 6.45) is 0.614. The number of nitriles is 1. The molecule has 0 fully saturated rings. The van der Waals surface area contributed by atoms with Crippen molar-refractivity contribution in [2.45, 2.75) is 19.9 Å². The van der Waals surface area contributed by atoms with E-state index in [2.05, 4.69) is 29.0 Å². The van der Waals surface area contributed by atoms with Crippen LogP contribution in [0, 0.1) is 11.3 Å². The third kappa shape index (κ3) is 3.76. The molecule has 0 atom stereocenters. The molecule has 2 rings (SSSR count). The first-order valence-corrected chi connectivity index (χ1v) is 8.09. The summed E-state index contributed by atoms with van der Waals surface area (Å²) in [5, 5.41) is 17.7. The van der Waals surface area contributed by atoms with Crippen LogP contribution in [0.3, 0.4) is 0 Å². The van der Waals surface area contributed by atoms with Gasteiger partial charge in [-0.15, -0.1) is 21.6 Å². The van der Waals surface area contributed by atoms with E-state index in [0.29, 0.717) is 23.0 Å². The number of anilines is 1. The summed E-state index contributed by atoms with van der Waals surface area (Å²) in [5.41, 5.74) is 1.92. The highest BCUT2D eigenvalue weighted by Gasteiger charge is 2.16. The van der Waals surface area contributed by atoms with Crippen LogP contribution in [-0.2, 0) is 0 Å². The van der Waals surface area contributed by atoms with E-state index in [4.69, 9.17) is 16.9 Å². The Balaban J connectivity index is 2.24. The van der Waals surface area contributed by atoms with Gasteiger partial charge in [0.05, 0.1) is 15.6 Å². The summed E-state index contributed by atoms with van der Waals surface area (Å²) in [7, 11) is 2.02. The number of carbonyl (C=O) groups excluding carboxylic acids is 1. The normalized spacial score (nSPS) is 11.0. The summed E-state index contributed by atoms with van der Waals surface area (Å²) in [6.45, 7) is 4.23. The lowest BCUT2D eigenvalue weighted by Crippen LogP contribution is -2.25. The fraction of sp³-hybridized carbons (Fsp3) is 0.250. The van der Waals surface area contributed by atoms with E-state index in [0.717, 1.165) is 17.0 Å². The molecule has 23 heavy (non-hydrogen) atoms. The van der Waals surface area contributed by atoms with Gasteiger partial charge in [-0.1, -0.05) is 11.6 Å². The number of halogens is 1. The van der Waals surface area contributed by atoms with Crippen LogP contribution in [-0.4, -0.2) is 19.4 Å². The molecule has 0 aliphatic carbocycles. The minimum Gasteiger partial charge on any atom is -0.372 e. The Morgan fingerprint density at radius 1 is 1.30 bits per heavy atom. The number of nitrogens with zero attached hydrogens (tertiary/aromatic N) is 4. The Kier molecular flexibility index (Phi) is 5.48. The highest BCUT2D eigenvalue weighted by Crippen LogP contribution is 2.38. The van der Waals surface area contributed by atoms with E-state index >= 15 is 0 Å². The van der Waals surface area contributed by atoms with E-state index < -0.39 is 0 Å². The lowest BCUT2D eigenvalue weighted by Gasteiger charge is -2.23. The number of hydrogen-bond donors (Lipinski definition) is 0. The van der Waals surface area contributed by atoms with Crippen molar-refractivity contribution >= 4 is 45.6 Å². The zero-order chi connectivity index (χ0) is 17.0. The molecular weight excluding hydrogens is 332 g/mol. The lowest BCUT2D eigenvalue weighted by molar-refractivity contribution is 0.112. The Hall–Kier alpha value is -2.23. The first-order valence-electron chi connectivity index (χ1n) is 6.90. The van der Waals surface area contributed by atoms with Crippen LogP contribution >= 0.6 is 22.9 Å². The Labute approximate surface area is 143 Å². The molecule has 1 aromatic carbocycles. The maximum atomic E-state index is 10.9. The molecule has 1 heterocycles. The zero-order valence-electron chi connectivity index (χ0n) is 12.9. The molecule has 7 heteroatoms. The fourth-order valence-corrected chi connectivity index (χ4v) is 2.94. The van der Waals surface area contributed by atoms with E-state index in [1.54, 1.807) is 0 Å². The maximum Gasteiger partial charge on any atom is 0.161 e. The fourth-order valence-electron chi connectivity index (χ4n) is 1.82. The van der Waals surface area contributed by atoms with Crippen LogP contribution in [0.15, 0.2) is 34.5 Å². The highest BCUT2D eigenvalue weighted by atomic mass is 35.5. The number of azo groups is 1. The predicted molar refractivity (Wildman–Crippen MR) is 93.6 cm³/mol. The van der Waals surface area contributed by atoms with Crippen LogP contribution in [0.4, 0.5) is 16.4 Å². The molecule has 0 unspecified atom stereocenters. The number of thiophene rings is 1. The van der Waals surface area contributed by atoms with Gasteiger partial charge in [-0.2, -0.15) is 5.26 Å². The second kappa shape index (κ2) is 7.36. The van der Waals surface area contributed by atoms with Gasteiger partial charge in [0.15, 0.2) is 11.3 Å². The second-order valence-corrected chi connectivity index (χ2v) is 6.52. The molecule has 0 amide bonds. The SMILES string of the molecule is CC(C)N(C)c1ccc(N=Nc2sc(C=O)c(Cl)c2C#N)cc1. The van der Waals surface area contributed by atoms with E-state index in [1.165, 1.54) is 0 Å². The zero-order valence-corrected chi connectivity index (χ0v) is 14.5. The van der Waals surface area contributed by atoms with Crippen LogP contribution in [0.2, 0.25) is 5.02 Å². The van der Waals surface area contributed by atoms with E-state index in [1.807, 2.05) is 37.4 Å². The summed E-state index contributed by atoms with van der Waals surface area (Å²) in [5.74, 6) is 0. The Morgan fingerprint density at radius 3 is 2.48 bits per heavy atom. The van der Waals surface area contributed by atoms with Crippen LogP contribution in [0.5, 0.6) is 0 Å². The number of aldehydes is 1. The Bertz CT molecular complexity index is 775. The van der Waals surface area contributed by atoms with E-state index in [-0.39, 0.29) is 15.5 Å². The summed E-state index contributed by atoms with van der Waals surface area (Å²) in [6, 6.07) is 9.96. The number of benzene rings is 1. The molecule has 5 nitrogen and oxygen atoms in total. The summed E-state index contributed by atoms with van der Waals surface area (Å²) in [4.78, 5) is 13.3. The molecule has 2 aromatic rings. The van der Waals surface area contributed by atoms with Gasteiger partial charge in [0.1, 0.15) is 11.6 Å². The standard InChI is InChI=1S/C16H15ClN4OS/c1-10(2)21(3)12-6-4-11(5-7-12)19-20-16-13(8-18)15(17)14(9-22)23-16/h4-7,9-10H,1-3H3. The van der Waals surface area contributed by atoms with E-state index in [9.17, 15) is 4.79 Å². The first kappa shape index (κ1) is 17.1. The summed E-state index contributed by atoms with van der Waals surface area (Å²) < 4.78 is 0. The van der Waals surface area contributed by atoms with Crippen molar-refractivity contribution in [3.8, 4) is 6.07 Å². The van der Waals surface area contributed by atoms with Crippen molar-refractivity contribution < 1.29 is 4.79 Å². The van der Waals surface area contributed by atoms with Gasteiger partial charge >= 0.3 is 0 Å². The molecule has 0 saturated heterocycles. The van der Waals surface area contributed by atoms with Crippen molar-refractivity contribution in [1.82, 2.24) is 0 Å². The minimum absolute atomic E-state index is 0.135. The number of rotatable bonds is 5. The smallest absolute Gasteiger partial charge is 0.161 e. The summed E-state index contributed by atoms with van der Waals surface area (Å²) >= 11 is 7.00. The van der Waals surface area contributed by atoms with Crippen LogP contribution < -0.4 is 4.90 Å². The third-order valence-corrected chi connectivity index (χ3v) is 4.87. The molecule has 0 aliphatic rings. The maximum absolute atomic E-state index is 10.9. The number of carbonyl (C=O) groups is 1. The van der Waals surface area contributed by atoms with Gasteiger partial charge in [0.2, 0.25) is 0 Å². The van der Waals surface area contributed by atoms with Crippen molar-refractivity contribution in [3.05, 3.63) is 39.7 Å². The van der Waals surface area contributed by atoms with Crippen molar-refractivity contribution in [2.24, 2.45) is 10.2 Å². The van der Waals surface area contributed by atoms with Crippen LogP contribution in [0.25, 0.3) is 0 Å². The average molecular weight is 347 g/mol. The molecule has 0 aliphatic heterocycles. The minimum atomic E-state index is 0.135. The second-order valence-electron chi connectivity index (χ2n) is 5.11. The predicted octanol–water partition coefficient (Wildman–Crippen LogP) is 5.35. The van der Waals surface area contributed by atoms with Gasteiger partial charge in [-0.3, -0.25) is 4.79 Å². The molecule has 118 valence electrons. The molecular formula is C16H15ClN4OS. The quantitative estimate of drug-likeness (QED) is 0.541. The third-order valence-electron chi connectivity index (χ3n) is 3.36. The van der Waals surface area contributed by atoms with Gasteiger partial charge in [-0.25, -0.2) is 0 Å². The molecule has 0 N–H and O–H groups in total. The molecule has 1 aromatic heterocycles. The van der Waals surface area contributed by atoms with Crippen LogP contribution in [0.1, 0.15) is 29.1 Å². The van der Waals surface area contributed by atoms with Crippen molar-refractivity contribution in [1.29, 1.82) is 5.26 Å². The molecule has 0 spiro atoms. The van der Waals surface area contributed by atoms with Crippen molar-refractivity contribution in [3.63, 3.8) is 0 Å². The average Bonchev–Trinajstić information content (AvgIpc) is 2.87. The van der Waals surface area contributed by atoms with Gasteiger partial charge in [0.25, 0.3) is 0 Å². The van der Waals surface area contributed by atoms with Gasteiger partial charge < -0.3 is 4.90 Å². The molecule has 0 saturated carbocycles. The van der Waals surface area contributed by atoms with Crippen molar-refractivity contribution in [2.75, 3.05) is 11.9 Å². The molecule has 0 bridgehead atoms. The number of hydrogen-bond acceptors (Lipinski definition) is 6. The van der Waals surface area contributed by atoms with Gasteiger partial charge in [-0.05, 0) is 38.1 Å². The molecule has 0 radical (unpaired) electrons. The van der Waals surface area contributed by atoms with Gasteiger partial charge in [0, 0.05) is 18.8 Å². The lowest BCUT2D eigenvalue weighted by atomic mass is 10.2. The Morgan fingerprint density at radius 2 is 1.96 bits per heavy atom. The largest absolute Gasteiger partial charge is 0.372 e.